The predicted molar refractivity (Wildman–Crippen MR) is 56.4 cm³/mol. The molecule has 88 valence electrons. The Morgan fingerprint density at radius 3 is 2.69 bits per heavy atom. The van der Waals surface area contributed by atoms with E-state index < -0.39 is 12.2 Å². The number of fused-ring (bicyclic) bond motifs is 1. The first-order valence-corrected chi connectivity index (χ1v) is 5.06. The maximum Gasteiger partial charge on any atom is 0.407 e. The van der Waals surface area contributed by atoms with E-state index in [1.807, 2.05) is 11.9 Å². The Morgan fingerprint density at radius 2 is 2.06 bits per heavy atom. The topological polar surface area (TPSA) is 29.3 Å². The molecule has 2 nitrogen and oxygen atoms in total. The van der Waals surface area contributed by atoms with Crippen molar-refractivity contribution in [3.05, 3.63) is 29.3 Å². The molecule has 0 amide bonds. The lowest BCUT2D eigenvalue weighted by molar-refractivity contribution is -0.149. The molecule has 1 aromatic carbocycles. The molecule has 0 saturated carbocycles. The average molecular weight is 230 g/mol. The molecule has 1 unspecified atom stereocenters. The van der Waals surface area contributed by atoms with E-state index in [4.69, 9.17) is 5.73 Å². The molecule has 2 rings (SSSR count). The zero-order valence-electron chi connectivity index (χ0n) is 8.88. The van der Waals surface area contributed by atoms with Gasteiger partial charge >= 0.3 is 6.18 Å². The summed E-state index contributed by atoms with van der Waals surface area (Å²) < 4.78 is 37.3. The van der Waals surface area contributed by atoms with Crippen molar-refractivity contribution < 1.29 is 13.2 Å². The summed E-state index contributed by atoms with van der Waals surface area (Å²) in [6.45, 7) is 0.847. The van der Waals surface area contributed by atoms with Gasteiger partial charge in [0.25, 0.3) is 0 Å². The minimum Gasteiger partial charge on any atom is -0.374 e. The minimum absolute atomic E-state index is 0.140. The van der Waals surface area contributed by atoms with Gasteiger partial charge in [-0.1, -0.05) is 12.1 Å². The number of anilines is 1. The number of hydrogen-bond acceptors (Lipinski definition) is 2. The lowest BCUT2D eigenvalue weighted by Gasteiger charge is -2.17. The predicted octanol–water partition coefficient (Wildman–Crippen LogP) is 2.24. The second kappa shape index (κ2) is 3.66. The molecule has 0 aromatic heterocycles. The molecule has 1 heterocycles. The Bertz CT molecular complexity index is 401. The number of rotatable bonds is 1. The molecular formula is C11H13F3N2. The molecule has 0 saturated heterocycles. The maximum absolute atomic E-state index is 12.4. The van der Waals surface area contributed by atoms with Gasteiger partial charge in [-0.25, -0.2) is 0 Å². The number of benzene rings is 1. The van der Waals surface area contributed by atoms with Crippen molar-refractivity contribution in [1.82, 2.24) is 0 Å². The van der Waals surface area contributed by atoms with Crippen molar-refractivity contribution in [3.63, 3.8) is 0 Å². The second-order valence-corrected chi connectivity index (χ2v) is 4.08. The first-order chi connectivity index (χ1) is 7.39. The minimum atomic E-state index is -4.38. The van der Waals surface area contributed by atoms with Crippen LogP contribution in [0.4, 0.5) is 18.9 Å². The van der Waals surface area contributed by atoms with Gasteiger partial charge in [0.15, 0.2) is 0 Å². The van der Waals surface area contributed by atoms with E-state index >= 15 is 0 Å². The normalized spacial score (nSPS) is 17.4. The van der Waals surface area contributed by atoms with E-state index in [1.165, 1.54) is 6.07 Å². The van der Waals surface area contributed by atoms with Gasteiger partial charge in [0.2, 0.25) is 0 Å². The van der Waals surface area contributed by atoms with Crippen LogP contribution in [0.5, 0.6) is 0 Å². The molecule has 2 N–H and O–H groups in total. The van der Waals surface area contributed by atoms with E-state index in [2.05, 4.69) is 0 Å². The second-order valence-electron chi connectivity index (χ2n) is 4.08. The molecule has 16 heavy (non-hydrogen) atoms. The Labute approximate surface area is 91.8 Å². The molecule has 1 aliphatic heterocycles. The third-order valence-electron chi connectivity index (χ3n) is 2.94. The highest BCUT2D eigenvalue weighted by Crippen LogP contribution is 2.34. The number of hydrogen-bond donors (Lipinski definition) is 1. The van der Waals surface area contributed by atoms with E-state index in [0.29, 0.717) is 0 Å². The molecule has 1 aliphatic rings. The van der Waals surface area contributed by atoms with Crippen LogP contribution in [-0.2, 0) is 6.42 Å². The van der Waals surface area contributed by atoms with Gasteiger partial charge in [-0.05, 0) is 23.6 Å². The van der Waals surface area contributed by atoms with Gasteiger partial charge in [0, 0.05) is 19.3 Å². The largest absolute Gasteiger partial charge is 0.407 e. The molecule has 1 aromatic rings. The SMILES string of the molecule is CN1CCc2cc(C(N)C(F)(F)F)ccc21. The van der Waals surface area contributed by atoms with Gasteiger partial charge in [-0.15, -0.1) is 0 Å². The Balaban J connectivity index is 2.32. The monoisotopic (exact) mass is 230 g/mol. The van der Waals surface area contributed by atoms with E-state index in [0.717, 1.165) is 24.2 Å². The van der Waals surface area contributed by atoms with Gasteiger partial charge in [-0.3, -0.25) is 0 Å². The Kier molecular flexibility index (Phi) is 2.58. The van der Waals surface area contributed by atoms with Crippen molar-refractivity contribution in [3.8, 4) is 0 Å². The fourth-order valence-electron chi connectivity index (χ4n) is 1.97. The third-order valence-corrected chi connectivity index (χ3v) is 2.94. The fourth-order valence-corrected chi connectivity index (χ4v) is 1.97. The summed E-state index contributed by atoms with van der Waals surface area (Å²) in [6.07, 6.45) is -3.59. The van der Waals surface area contributed by atoms with E-state index in [-0.39, 0.29) is 5.56 Å². The summed E-state index contributed by atoms with van der Waals surface area (Å²) in [5.74, 6) is 0. The summed E-state index contributed by atoms with van der Waals surface area (Å²) in [5.41, 5.74) is 7.24. The molecule has 0 bridgehead atoms. The molecule has 5 heteroatoms. The van der Waals surface area contributed by atoms with E-state index in [1.54, 1.807) is 12.1 Å². The fraction of sp³-hybridized carbons (Fsp3) is 0.455. The van der Waals surface area contributed by atoms with Crippen molar-refractivity contribution in [1.29, 1.82) is 0 Å². The quantitative estimate of drug-likeness (QED) is 0.801. The molecule has 1 atom stereocenters. The number of alkyl halides is 3. The summed E-state index contributed by atoms with van der Waals surface area (Å²) in [4.78, 5) is 2.03. The number of halogens is 3. The molecular weight excluding hydrogens is 217 g/mol. The molecule has 0 radical (unpaired) electrons. The summed E-state index contributed by atoms with van der Waals surface area (Å²) in [6, 6.07) is 2.85. The number of likely N-dealkylation sites (N-methyl/N-ethyl adjacent to an activating group) is 1. The van der Waals surface area contributed by atoms with Gasteiger partial charge < -0.3 is 10.6 Å². The van der Waals surface area contributed by atoms with Crippen LogP contribution in [-0.4, -0.2) is 19.8 Å². The first kappa shape index (κ1) is 11.3. The van der Waals surface area contributed by atoms with Crippen LogP contribution in [0.2, 0.25) is 0 Å². The number of nitrogens with zero attached hydrogens (tertiary/aromatic N) is 1. The smallest absolute Gasteiger partial charge is 0.374 e. The van der Waals surface area contributed by atoms with Crippen LogP contribution in [0.1, 0.15) is 17.2 Å². The van der Waals surface area contributed by atoms with Crippen molar-refractivity contribution in [2.45, 2.75) is 18.6 Å². The van der Waals surface area contributed by atoms with Crippen molar-refractivity contribution in [2.75, 3.05) is 18.5 Å². The Hall–Kier alpha value is -1.23. The van der Waals surface area contributed by atoms with E-state index in [9.17, 15) is 13.2 Å². The van der Waals surface area contributed by atoms with Gasteiger partial charge in [0.05, 0.1) is 0 Å². The maximum atomic E-state index is 12.4. The summed E-state index contributed by atoms with van der Waals surface area (Å²) in [7, 11) is 1.93. The highest BCUT2D eigenvalue weighted by molar-refractivity contribution is 5.58. The summed E-state index contributed by atoms with van der Waals surface area (Å²) >= 11 is 0. The van der Waals surface area contributed by atoms with Crippen LogP contribution in [0.25, 0.3) is 0 Å². The average Bonchev–Trinajstić information content (AvgIpc) is 2.57. The van der Waals surface area contributed by atoms with Crippen molar-refractivity contribution in [2.24, 2.45) is 5.73 Å². The van der Waals surface area contributed by atoms with Crippen LogP contribution in [0.15, 0.2) is 18.2 Å². The molecule has 0 spiro atoms. The van der Waals surface area contributed by atoms with Gasteiger partial charge in [0.1, 0.15) is 6.04 Å². The first-order valence-electron chi connectivity index (χ1n) is 5.06. The van der Waals surface area contributed by atoms with Gasteiger partial charge in [-0.2, -0.15) is 13.2 Å². The number of nitrogens with two attached hydrogens (primary N) is 1. The third kappa shape index (κ3) is 1.87. The van der Waals surface area contributed by atoms with Crippen LogP contribution in [0, 0.1) is 0 Å². The van der Waals surface area contributed by atoms with Crippen LogP contribution >= 0.6 is 0 Å². The zero-order valence-corrected chi connectivity index (χ0v) is 8.88. The van der Waals surface area contributed by atoms with Crippen molar-refractivity contribution >= 4 is 5.69 Å². The van der Waals surface area contributed by atoms with Crippen LogP contribution in [0.3, 0.4) is 0 Å². The Morgan fingerprint density at radius 1 is 1.38 bits per heavy atom. The lowest BCUT2D eigenvalue weighted by Crippen LogP contribution is -2.28. The molecule has 0 fully saturated rings. The highest BCUT2D eigenvalue weighted by atomic mass is 19.4. The highest BCUT2D eigenvalue weighted by Gasteiger charge is 2.38. The lowest BCUT2D eigenvalue weighted by atomic mass is 10.0. The molecule has 0 aliphatic carbocycles. The van der Waals surface area contributed by atoms with Crippen LogP contribution < -0.4 is 10.6 Å². The zero-order chi connectivity index (χ0) is 11.9. The standard InChI is InChI=1S/C11H13F3N2/c1-16-5-4-7-6-8(2-3-9(7)16)10(15)11(12,13)14/h2-3,6,10H,4-5,15H2,1H3. The summed E-state index contributed by atoms with van der Waals surface area (Å²) in [5, 5.41) is 0.